The summed E-state index contributed by atoms with van der Waals surface area (Å²) in [6.45, 7) is 0.0813. The van der Waals surface area contributed by atoms with E-state index in [1.807, 2.05) is 30.3 Å². The molecule has 0 atom stereocenters. The SMILES string of the molecule is N#Cc1ccccc1COC(=O)c1cc2ccccc2[nH]1. The van der Waals surface area contributed by atoms with Crippen LogP contribution in [0, 0.1) is 11.3 Å². The summed E-state index contributed by atoms with van der Waals surface area (Å²) in [5, 5.41) is 9.96. The fraction of sp³-hybridized carbons (Fsp3) is 0.0588. The van der Waals surface area contributed by atoms with Gasteiger partial charge in [-0.15, -0.1) is 0 Å². The lowest BCUT2D eigenvalue weighted by Crippen LogP contribution is -2.06. The van der Waals surface area contributed by atoms with E-state index in [9.17, 15) is 4.79 Å². The molecule has 4 nitrogen and oxygen atoms in total. The van der Waals surface area contributed by atoms with Gasteiger partial charge in [0, 0.05) is 16.5 Å². The molecule has 0 fully saturated rings. The monoisotopic (exact) mass is 276 g/mol. The Morgan fingerprint density at radius 3 is 2.71 bits per heavy atom. The van der Waals surface area contributed by atoms with Crippen LogP contribution in [0.5, 0.6) is 0 Å². The number of nitrogens with zero attached hydrogens (tertiary/aromatic N) is 1. The molecule has 0 saturated heterocycles. The van der Waals surface area contributed by atoms with Crippen molar-refractivity contribution in [3.05, 3.63) is 71.4 Å². The molecule has 21 heavy (non-hydrogen) atoms. The van der Waals surface area contributed by atoms with Crippen LogP contribution >= 0.6 is 0 Å². The van der Waals surface area contributed by atoms with Crippen molar-refractivity contribution in [2.45, 2.75) is 6.61 Å². The third-order valence-corrected chi connectivity index (χ3v) is 3.25. The maximum atomic E-state index is 12.1. The number of para-hydroxylation sites is 1. The molecule has 1 heterocycles. The van der Waals surface area contributed by atoms with Crippen molar-refractivity contribution in [1.82, 2.24) is 4.98 Å². The molecule has 3 rings (SSSR count). The molecular weight excluding hydrogens is 264 g/mol. The number of aromatic nitrogens is 1. The van der Waals surface area contributed by atoms with Crippen molar-refractivity contribution in [2.75, 3.05) is 0 Å². The Morgan fingerprint density at radius 1 is 1.14 bits per heavy atom. The number of rotatable bonds is 3. The minimum absolute atomic E-state index is 0.0813. The van der Waals surface area contributed by atoms with Crippen LogP contribution in [-0.4, -0.2) is 11.0 Å². The van der Waals surface area contributed by atoms with Crippen LogP contribution < -0.4 is 0 Å². The number of aromatic amines is 1. The molecule has 0 spiro atoms. The molecule has 0 unspecified atom stereocenters. The zero-order chi connectivity index (χ0) is 14.7. The van der Waals surface area contributed by atoms with E-state index in [1.54, 1.807) is 24.3 Å². The van der Waals surface area contributed by atoms with Gasteiger partial charge < -0.3 is 9.72 Å². The van der Waals surface area contributed by atoms with Crippen LogP contribution in [0.25, 0.3) is 10.9 Å². The predicted octanol–water partition coefficient (Wildman–Crippen LogP) is 3.40. The molecule has 1 aromatic heterocycles. The average Bonchev–Trinajstić information content (AvgIpc) is 2.97. The highest BCUT2D eigenvalue weighted by Gasteiger charge is 2.11. The lowest BCUT2D eigenvalue weighted by atomic mass is 10.1. The summed E-state index contributed by atoms with van der Waals surface area (Å²) in [7, 11) is 0. The van der Waals surface area contributed by atoms with E-state index in [4.69, 9.17) is 10.00 Å². The van der Waals surface area contributed by atoms with E-state index in [-0.39, 0.29) is 6.61 Å². The Labute approximate surface area is 121 Å². The summed E-state index contributed by atoms with van der Waals surface area (Å²) in [6.07, 6.45) is 0. The van der Waals surface area contributed by atoms with Crippen LogP contribution in [0.2, 0.25) is 0 Å². The van der Waals surface area contributed by atoms with Crippen molar-refractivity contribution < 1.29 is 9.53 Å². The predicted molar refractivity (Wildman–Crippen MR) is 78.6 cm³/mol. The summed E-state index contributed by atoms with van der Waals surface area (Å²) >= 11 is 0. The van der Waals surface area contributed by atoms with Gasteiger partial charge in [-0.2, -0.15) is 5.26 Å². The highest BCUT2D eigenvalue weighted by atomic mass is 16.5. The van der Waals surface area contributed by atoms with Gasteiger partial charge in [-0.05, 0) is 18.2 Å². The molecule has 1 N–H and O–H groups in total. The number of carbonyl (C=O) groups excluding carboxylic acids is 1. The first-order chi connectivity index (χ1) is 10.3. The molecule has 0 amide bonds. The van der Waals surface area contributed by atoms with Gasteiger partial charge in [0.05, 0.1) is 11.6 Å². The molecule has 0 saturated carbocycles. The third kappa shape index (κ3) is 2.63. The summed E-state index contributed by atoms with van der Waals surface area (Å²) in [4.78, 5) is 15.1. The first kappa shape index (κ1) is 12.9. The lowest BCUT2D eigenvalue weighted by molar-refractivity contribution is 0.0466. The Morgan fingerprint density at radius 2 is 1.90 bits per heavy atom. The number of ether oxygens (including phenoxy) is 1. The van der Waals surface area contributed by atoms with Gasteiger partial charge in [0.2, 0.25) is 0 Å². The van der Waals surface area contributed by atoms with Crippen molar-refractivity contribution in [2.24, 2.45) is 0 Å². The van der Waals surface area contributed by atoms with Gasteiger partial charge in [-0.3, -0.25) is 0 Å². The van der Waals surface area contributed by atoms with Crippen LogP contribution in [0.4, 0.5) is 0 Å². The van der Waals surface area contributed by atoms with Crippen LogP contribution in [0.15, 0.2) is 54.6 Å². The van der Waals surface area contributed by atoms with Gasteiger partial charge in [-0.25, -0.2) is 4.79 Å². The molecule has 2 aromatic carbocycles. The fourth-order valence-corrected chi connectivity index (χ4v) is 2.16. The van der Waals surface area contributed by atoms with Crippen molar-refractivity contribution in [3.8, 4) is 6.07 Å². The number of benzene rings is 2. The molecular formula is C17H12N2O2. The summed E-state index contributed by atoms with van der Waals surface area (Å²) < 4.78 is 5.26. The number of H-pyrrole nitrogens is 1. The van der Waals surface area contributed by atoms with Gasteiger partial charge >= 0.3 is 5.97 Å². The number of carbonyl (C=O) groups is 1. The first-order valence-electron chi connectivity index (χ1n) is 6.51. The Kier molecular flexibility index (Phi) is 3.40. The second-order valence-corrected chi connectivity index (χ2v) is 4.62. The van der Waals surface area contributed by atoms with Gasteiger partial charge in [0.15, 0.2) is 0 Å². The molecule has 0 aliphatic carbocycles. The Balaban J connectivity index is 1.76. The van der Waals surface area contributed by atoms with E-state index in [0.717, 1.165) is 10.9 Å². The van der Waals surface area contributed by atoms with E-state index >= 15 is 0 Å². The highest BCUT2D eigenvalue weighted by molar-refractivity contribution is 5.94. The smallest absolute Gasteiger partial charge is 0.355 e. The maximum Gasteiger partial charge on any atom is 0.355 e. The highest BCUT2D eigenvalue weighted by Crippen LogP contribution is 2.16. The van der Waals surface area contributed by atoms with Crippen LogP contribution in [0.3, 0.4) is 0 Å². The molecule has 3 aromatic rings. The second-order valence-electron chi connectivity index (χ2n) is 4.62. The van der Waals surface area contributed by atoms with Crippen molar-refractivity contribution in [3.63, 3.8) is 0 Å². The standard InChI is InChI=1S/C17H12N2O2/c18-10-13-6-1-2-7-14(13)11-21-17(20)16-9-12-5-3-4-8-15(12)19-16/h1-9,19H,11H2. The molecule has 0 aliphatic rings. The van der Waals surface area contributed by atoms with E-state index < -0.39 is 5.97 Å². The molecule has 4 heteroatoms. The third-order valence-electron chi connectivity index (χ3n) is 3.25. The Bertz CT molecular complexity index is 810. The van der Waals surface area contributed by atoms with Crippen molar-refractivity contribution >= 4 is 16.9 Å². The maximum absolute atomic E-state index is 12.1. The number of esters is 1. The molecule has 0 aliphatic heterocycles. The van der Waals surface area contributed by atoms with Gasteiger partial charge in [-0.1, -0.05) is 36.4 Å². The molecule has 0 bridgehead atoms. The van der Waals surface area contributed by atoms with Crippen molar-refractivity contribution in [1.29, 1.82) is 5.26 Å². The fourth-order valence-electron chi connectivity index (χ4n) is 2.16. The summed E-state index contributed by atoms with van der Waals surface area (Å²) in [5.41, 5.74) is 2.51. The average molecular weight is 276 g/mol. The normalized spacial score (nSPS) is 10.2. The largest absolute Gasteiger partial charge is 0.456 e. The number of hydrogen-bond donors (Lipinski definition) is 1. The first-order valence-corrected chi connectivity index (χ1v) is 6.51. The quantitative estimate of drug-likeness (QED) is 0.745. The van der Waals surface area contributed by atoms with E-state index in [1.165, 1.54) is 0 Å². The molecule has 0 radical (unpaired) electrons. The number of fused-ring (bicyclic) bond motifs is 1. The zero-order valence-corrected chi connectivity index (χ0v) is 11.2. The minimum atomic E-state index is -0.432. The number of hydrogen-bond acceptors (Lipinski definition) is 3. The summed E-state index contributed by atoms with van der Waals surface area (Å²) in [6, 6.07) is 18.5. The number of nitriles is 1. The lowest BCUT2D eigenvalue weighted by Gasteiger charge is -2.05. The number of nitrogens with one attached hydrogen (secondary N) is 1. The minimum Gasteiger partial charge on any atom is -0.456 e. The van der Waals surface area contributed by atoms with Gasteiger partial charge in [0.25, 0.3) is 0 Å². The van der Waals surface area contributed by atoms with E-state index in [0.29, 0.717) is 16.8 Å². The summed E-state index contributed by atoms with van der Waals surface area (Å²) in [5.74, 6) is -0.432. The molecule has 102 valence electrons. The van der Waals surface area contributed by atoms with Gasteiger partial charge in [0.1, 0.15) is 12.3 Å². The van der Waals surface area contributed by atoms with Crippen LogP contribution in [-0.2, 0) is 11.3 Å². The van der Waals surface area contributed by atoms with E-state index in [2.05, 4.69) is 11.1 Å². The Hall–Kier alpha value is -3.06. The van der Waals surface area contributed by atoms with Crippen LogP contribution in [0.1, 0.15) is 21.6 Å². The second kappa shape index (κ2) is 5.51. The zero-order valence-electron chi connectivity index (χ0n) is 11.2. The topological polar surface area (TPSA) is 65.9 Å².